The van der Waals surface area contributed by atoms with Crippen molar-refractivity contribution in [1.29, 1.82) is 0 Å². The topological polar surface area (TPSA) is 87.9 Å². The van der Waals surface area contributed by atoms with Gasteiger partial charge in [-0.05, 0) is 66.8 Å². The normalized spacial score (nSPS) is 25.6. The number of likely N-dealkylation sites (tertiary alicyclic amines) is 1. The van der Waals surface area contributed by atoms with E-state index in [4.69, 9.17) is 10.5 Å². The van der Waals surface area contributed by atoms with E-state index in [0.29, 0.717) is 32.0 Å². The maximum Gasteiger partial charge on any atom is 0.240 e. The fourth-order valence-corrected chi connectivity index (χ4v) is 11.5. The summed E-state index contributed by atoms with van der Waals surface area (Å²) in [5.41, 5.74) is 11.1. The minimum Gasteiger partial charge on any atom is -0.496 e. The number of ether oxygens (including phenoxy) is 1. The summed E-state index contributed by atoms with van der Waals surface area (Å²) < 4.78 is 6.03. The van der Waals surface area contributed by atoms with Crippen molar-refractivity contribution < 1.29 is 14.3 Å². The lowest BCUT2D eigenvalue weighted by molar-refractivity contribution is -0.146. The van der Waals surface area contributed by atoms with Gasteiger partial charge in [-0.2, -0.15) is 0 Å². The molecule has 7 nitrogen and oxygen atoms in total. The SMILES string of the molecule is COc1ccc(C(C)C)cc1CN[C@H]1[C@H]2CCCCCCCCCCCCCCCCCCCCCN(C[C@@H]2C(=O)N2CCCC2C(N)=O)[C@H]1C(c1ccccc1)c1ccccc1. The first-order valence-corrected chi connectivity index (χ1v) is 25.7. The average molecular weight is 861 g/mol. The van der Waals surface area contributed by atoms with E-state index in [9.17, 15) is 4.79 Å². The number of nitrogens with one attached hydrogen (secondary N) is 1. The van der Waals surface area contributed by atoms with Crippen LogP contribution in [0.2, 0.25) is 0 Å². The number of benzene rings is 3. The van der Waals surface area contributed by atoms with Crippen molar-refractivity contribution in [3.63, 3.8) is 0 Å². The van der Waals surface area contributed by atoms with Gasteiger partial charge in [-0.3, -0.25) is 14.5 Å². The molecule has 0 saturated carbocycles. The van der Waals surface area contributed by atoms with Gasteiger partial charge in [0.2, 0.25) is 11.8 Å². The number of methoxy groups -OCH3 is 1. The third kappa shape index (κ3) is 14.2. The summed E-state index contributed by atoms with van der Waals surface area (Å²) in [5, 5.41) is 4.27. The maximum absolute atomic E-state index is 15.3. The molecule has 0 aliphatic carbocycles. The van der Waals surface area contributed by atoms with Crippen molar-refractivity contribution in [3.05, 3.63) is 101 Å². The Morgan fingerprint density at radius 3 is 1.68 bits per heavy atom. The van der Waals surface area contributed by atoms with Gasteiger partial charge in [0.05, 0.1) is 13.0 Å². The molecule has 3 aromatic carbocycles. The first kappa shape index (κ1) is 48.8. The molecule has 7 heteroatoms. The Kier molecular flexibility index (Phi) is 20.4. The number of hydrogen-bond acceptors (Lipinski definition) is 5. The lowest BCUT2D eigenvalue weighted by Gasteiger charge is -2.53. The van der Waals surface area contributed by atoms with Crippen molar-refractivity contribution >= 4 is 11.8 Å². The molecule has 63 heavy (non-hydrogen) atoms. The predicted octanol–water partition coefficient (Wildman–Crippen LogP) is 12.3. The van der Waals surface area contributed by atoms with E-state index in [-0.39, 0.29) is 41.7 Å². The molecule has 3 aromatic rings. The smallest absolute Gasteiger partial charge is 0.240 e. The Bertz CT molecular complexity index is 1730. The van der Waals surface area contributed by atoms with E-state index < -0.39 is 6.04 Å². The molecule has 2 amide bonds. The lowest BCUT2D eigenvalue weighted by Crippen LogP contribution is -2.66. The highest BCUT2D eigenvalue weighted by atomic mass is 16.5. The van der Waals surface area contributed by atoms with E-state index in [2.05, 4.69) is 103 Å². The number of carbonyl (C=O) groups is 2. The fourth-order valence-electron chi connectivity index (χ4n) is 11.5. The average Bonchev–Trinajstić information content (AvgIpc) is 3.80. The third-order valence-corrected chi connectivity index (χ3v) is 15.0. The molecule has 0 aromatic heterocycles. The fraction of sp³-hybridized carbons (Fsp3) is 0.643. The minimum absolute atomic E-state index is 0.0189. The molecule has 0 spiro atoms. The monoisotopic (exact) mass is 861 g/mol. The largest absolute Gasteiger partial charge is 0.496 e. The first-order valence-electron chi connectivity index (χ1n) is 25.7. The van der Waals surface area contributed by atoms with E-state index in [1.54, 1.807) is 7.11 Å². The number of amides is 2. The van der Waals surface area contributed by atoms with Crippen LogP contribution in [0.5, 0.6) is 5.75 Å². The number of rotatable bonds is 10. The van der Waals surface area contributed by atoms with E-state index >= 15 is 4.79 Å². The van der Waals surface area contributed by atoms with Gasteiger partial charge < -0.3 is 20.7 Å². The van der Waals surface area contributed by atoms with Gasteiger partial charge in [-0.15, -0.1) is 0 Å². The zero-order valence-electron chi connectivity index (χ0n) is 39.6. The van der Waals surface area contributed by atoms with Crippen LogP contribution >= 0.6 is 0 Å². The molecule has 3 aliphatic rings. The Balaban J connectivity index is 1.42. The molecule has 3 aliphatic heterocycles. The van der Waals surface area contributed by atoms with Crippen LogP contribution in [-0.4, -0.2) is 66.5 Å². The van der Waals surface area contributed by atoms with Crippen LogP contribution in [0, 0.1) is 11.8 Å². The van der Waals surface area contributed by atoms with Crippen molar-refractivity contribution in [3.8, 4) is 5.75 Å². The van der Waals surface area contributed by atoms with Gasteiger partial charge in [-0.25, -0.2) is 0 Å². The highest BCUT2D eigenvalue weighted by molar-refractivity contribution is 5.88. The van der Waals surface area contributed by atoms with Gasteiger partial charge in [0.1, 0.15) is 11.8 Å². The van der Waals surface area contributed by atoms with Crippen LogP contribution in [-0.2, 0) is 16.1 Å². The van der Waals surface area contributed by atoms with Crippen molar-refractivity contribution in [2.24, 2.45) is 17.6 Å². The highest BCUT2D eigenvalue weighted by Crippen LogP contribution is 2.43. The van der Waals surface area contributed by atoms with Crippen molar-refractivity contribution in [2.45, 2.75) is 192 Å². The summed E-state index contributed by atoms with van der Waals surface area (Å²) in [4.78, 5) is 32.8. The molecular weight excluding hydrogens is 777 g/mol. The van der Waals surface area contributed by atoms with Crippen LogP contribution < -0.4 is 15.8 Å². The Hall–Kier alpha value is -3.68. The number of piperidine rings is 1. The summed E-state index contributed by atoms with van der Waals surface area (Å²) in [5.74, 6) is 0.948. The maximum atomic E-state index is 15.3. The van der Waals surface area contributed by atoms with Gasteiger partial charge in [0.15, 0.2) is 0 Å². The number of fused-ring (bicyclic) bond motifs is 3. The third-order valence-electron chi connectivity index (χ3n) is 15.0. The number of hydrogen-bond donors (Lipinski definition) is 2. The van der Waals surface area contributed by atoms with Crippen LogP contribution in [0.1, 0.15) is 189 Å². The molecule has 6 atom stereocenters. The number of nitrogens with two attached hydrogens (primary N) is 1. The first-order chi connectivity index (χ1) is 30.9. The quantitative estimate of drug-likeness (QED) is 0.212. The second-order valence-corrected chi connectivity index (χ2v) is 19.8. The Morgan fingerprint density at radius 2 is 1.17 bits per heavy atom. The standard InChI is InChI=1S/C56H84N4O3/c1-43(2)46-36-37-51(63-3)47(40-46)41-58-53-48-34-27-19-17-15-13-11-9-7-5-4-6-8-10-12-14-16-18-20-28-38-59(42-49(48)56(62)60-39-29-35-50(60)55(57)61)54(53)52(44-30-23-21-24-31-44)45-32-25-22-26-33-45/h21-26,30-33,36-37,40,43,48-50,52-54,58H,4-20,27-29,34-35,38-39,41-42H2,1-3H3,(H2,57,61)/t48-,49-,50?,53-,54-/m0/s1. The Labute approximate surface area is 382 Å². The van der Waals surface area contributed by atoms with E-state index in [0.717, 1.165) is 43.5 Å². The molecule has 2 unspecified atom stereocenters. The molecule has 3 N–H and O–H groups in total. The van der Waals surface area contributed by atoms with E-state index in [1.807, 2.05) is 4.90 Å². The van der Waals surface area contributed by atoms with Crippen LogP contribution in [0.4, 0.5) is 0 Å². The minimum atomic E-state index is -0.523. The molecule has 3 saturated heterocycles. The van der Waals surface area contributed by atoms with Crippen LogP contribution in [0.3, 0.4) is 0 Å². The Morgan fingerprint density at radius 1 is 0.651 bits per heavy atom. The number of primary amides is 1. The molecule has 0 radical (unpaired) electrons. The van der Waals surface area contributed by atoms with Gasteiger partial charge in [-0.1, -0.05) is 202 Å². The summed E-state index contributed by atoms with van der Waals surface area (Å²) in [6.45, 7) is 7.37. The zero-order valence-corrected chi connectivity index (χ0v) is 39.6. The van der Waals surface area contributed by atoms with Crippen LogP contribution in [0.15, 0.2) is 78.9 Å². The molecule has 3 heterocycles. The molecule has 6 rings (SSSR count). The summed E-state index contributed by atoms with van der Waals surface area (Å²) in [7, 11) is 1.78. The van der Waals surface area contributed by atoms with Crippen LogP contribution in [0.25, 0.3) is 0 Å². The van der Waals surface area contributed by atoms with E-state index in [1.165, 1.54) is 126 Å². The molecular formula is C56H84N4O3. The van der Waals surface area contributed by atoms with Crippen molar-refractivity contribution in [2.75, 3.05) is 26.7 Å². The van der Waals surface area contributed by atoms with Crippen molar-refractivity contribution in [1.82, 2.24) is 15.1 Å². The molecule has 346 valence electrons. The summed E-state index contributed by atoms with van der Waals surface area (Å²) >= 11 is 0. The lowest BCUT2D eigenvalue weighted by atomic mass is 9.68. The second-order valence-electron chi connectivity index (χ2n) is 19.8. The zero-order chi connectivity index (χ0) is 44.2. The number of carbonyl (C=O) groups excluding carboxylic acids is 2. The summed E-state index contributed by atoms with van der Waals surface area (Å²) in [6, 6.07) is 28.5. The van der Waals surface area contributed by atoms with Gasteiger partial charge in [0.25, 0.3) is 0 Å². The van der Waals surface area contributed by atoms with Gasteiger partial charge >= 0.3 is 0 Å². The predicted molar refractivity (Wildman–Crippen MR) is 261 cm³/mol. The highest BCUT2D eigenvalue weighted by Gasteiger charge is 2.51. The molecule has 2 bridgehead atoms. The summed E-state index contributed by atoms with van der Waals surface area (Å²) in [6.07, 6.45) is 27.2. The molecule has 3 fully saturated rings. The van der Waals surface area contributed by atoms with Gasteiger partial charge in [0, 0.05) is 43.2 Å². The number of nitrogens with zero attached hydrogens (tertiary/aromatic N) is 2. The second kappa shape index (κ2) is 26.3.